The van der Waals surface area contributed by atoms with Gasteiger partial charge < -0.3 is 14.6 Å². The maximum absolute atomic E-state index is 8.89. The molecule has 1 fully saturated rings. The van der Waals surface area contributed by atoms with Gasteiger partial charge in [-0.2, -0.15) is 0 Å². The van der Waals surface area contributed by atoms with Crippen LogP contribution in [0.3, 0.4) is 0 Å². The van der Waals surface area contributed by atoms with Gasteiger partial charge >= 0.3 is 0 Å². The van der Waals surface area contributed by atoms with E-state index < -0.39 is 0 Å². The number of hydrogen-bond acceptors (Lipinski definition) is 3. The molecule has 0 radical (unpaired) electrons. The molecule has 2 unspecified atom stereocenters. The number of allylic oxidation sites excluding steroid dienone is 1. The van der Waals surface area contributed by atoms with Crippen molar-refractivity contribution in [2.75, 3.05) is 13.2 Å². The largest absolute Gasteiger partial charge is 0.394 e. The molecular weight excluding hydrogens is 180 g/mol. The van der Waals surface area contributed by atoms with Gasteiger partial charge in [0.15, 0.2) is 6.29 Å². The van der Waals surface area contributed by atoms with Crippen molar-refractivity contribution in [2.45, 2.75) is 45.5 Å². The summed E-state index contributed by atoms with van der Waals surface area (Å²) in [4.78, 5) is 0. The average Bonchev–Trinajstić information content (AvgIpc) is 2.68. The Labute approximate surface area is 85.7 Å². The number of aliphatic hydroxyl groups is 1. The summed E-state index contributed by atoms with van der Waals surface area (Å²) in [5.74, 6) is 0. The van der Waals surface area contributed by atoms with Crippen molar-refractivity contribution >= 4 is 0 Å². The maximum Gasteiger partial charge on any atom is 0.180 e. The van der Waals surface area contributed by atoms with Crippen molar-refractivity contribution in [1.29, 1.82) is 0 Å². The van der Waals surface area contributed by atoms with Crippen LogP contribution in [0.15, 0.2) is 11.6 Å². The van der Waals surface area contributed by atoms with Crippen LogP contribution in [0.1, 0.15) is 33.1 Å². The van der Waals surface area contributed by atoms with Gasteiger partial charge in [0.25, 0.3) is 0 Å². The molecule has 1 N–H and O–H groups in total. The Morgan fingerprint density at radius 2 is 2.29 bits per heavy atom. The molecule has 1 aliphatic rings. The predicted octanol–water partition coefficient (Wildman–Crippen LogP) is 1.86. The highest BCUT2D eigenvalue weighted by Crippen LogP contribution is 2.21. The molecule has 0 amide bonds. The second-order valence-corrected chi connectivity index (χ2v) is 3.53. The Morgan fingerprint density at radius 1 is 1.50 bits per heavy atom. The van der Waals surface area contributed by atoms with Crippen molar-refractivity contribution in [1.82, 2.24) is 0 Å². The van der Waals surface area contributed by atoms with Crippen LogP contribution in [0.4, 0.5) is 0 Å². The van der Waals surface area contributed by atoms with E-state index in [0.29, 0.717) is 6.61 Å². The summed E-state index contributed by atoms with van der Waals surface area (Å²) in [6.45, 7) is 4.79. The van der Waals surface area contributed by atoms with E-state index in [1.54, 1.807) is 0 Å². The minimum atomic E-state index is -0.219. The van der Waals surface area contributed by atoms with Gasteiger partial charge in [-0.3, -0.25) is 0 Å². The average molecular weight is 200 g/mol. The van der Waals surface area contributed by atoms with E-state index >= 15 is 0 Å². The normalized spacial score (nSPS) is 28.4. The van der Waals surface area contributed by atoms with Crippen LogP contribution in [0.25, 0.3) is 0 Å². The molecule has 1 saturated heterocycles. The lowest BCUT2D eigenvalue weighted by atomic mass is 10.1. The topological polar surface area (TPSA) is 38.7 Å². The van der Waals surface area contributed by atoms with Crippen LogP contribution in [-0.2, 0) is 9.47 Å². The van der Waals surface area contributed by atoms with Gasteiger partial charge in [-0.05, 0) is 18.4 Å². The van der Waals surface area contributed by atoms with Crippen LogP contribution in [0, 0.1) is 0 Å². The first-order valence-electron chi connectivity index (χ1n) is 5.38. The van der Waals surface area contributed by atoms with E-state index in [1.807, 2.05) is 0 Å². The monoisotopic (exact) mass is 200 g/mol. The van der Waals surface area contributed by atoms with E-state index in [-0.39, 0.29) is 19.0 Å². The third-order valence-corrected chi connectivity index (χ3v) is 2.36. The fourth-order valence-electron chi connectivity index (χ4n) is 1.48. The number of ether oxygens (including phenoxy) is 2. The fourth-order valence-corrected chi connectivity index (χ4v) is 1.48. The van der Waals surface area contributed by atoms with E-state index in [1.165, 1.54) is 5.57 Å². The molecule has 0 bridgehead atoms. The van der Waals surface area contributed by atoms with Gasteiger partial charge in [0.2, 0.25) is 0 Å². The first-order chi connectivity index (χ1) is 6.81. The maximum atomic E-state index is 8.89. The summed E-state index contributed by atoms with van der Waals surface area (Å²) in [6, 6.07) is 0. The zero-order chi connectivity index (χ0) is 10.4. The Hall–Kier alpha value is -0.380. The smallest absolute Gasteiger partial charge is 0.180 e. The minimum absolute atomic E-state index is 0.0429. The molecule has 3 nitrogen and oxygen atoms in total. The summed E-state index contributed by atoms with van der Waals surface area (Å²) in [6.07, 6.45) is 4.98. The minimum Gasteiger partial charge on any atom is -0.394 e. The highest BCUT2D eigenvalue weighted by molar-refractivity contribution is 5.06. The number of unbranched alkanes of at least 4 members (excludes halogenated alkanes) is 1. The van der Waals surface area contributed by atoms with Crippen molar-refractivity contribution in [3.05, 3.63) is 11.6 Å². The first-order valence-corrected chi connectivity index (χ1v) is 5.38. The molecule has 3 heteroatoms. The Kier molecular flexibility index (Phi) is 5.15. The molecule has 14 heavy (non-hydrogen) atoms. The SMILES string of the molecule is CCCC=C(CC)C1OCC(CO)O1. The first kappa shape index (κ1) is 11.7. The Balaban J connectivity index is 2.46. The van der Waals surface area contributed by atoms with Crippen molar-refractivity contribution < 1.29 is 14.6 Å². The number of rotatable bonds is 5. The molecule has 0 aromatic rings. The highest BCUT2D eigenvalue weighted by Gasteiger charge is 2.27. The molecule has 0 aromatic carbocycles. The Bertz CT molecular complexity index is 189. The summed E-state index contributed by atoms with van der Waals surface area (Å²) >= 11 is 0. The molecule has 0 saturated carbocycles. The molecule has 0 aliphatic carbocycles. The van der Waals surface area contributed by atoms with Crippen LogP contribution < -0.4 is 0 Å². The van der Waals surface area contributed by atoms with Crippen molar-refractivity contribution in [2.24, 2.45) is 0 Å². The molecular formula is C11H20O3. The molecule has 1 rings (SSSR count). The summed E-state index contributed by atoms with van der Waals surface area (Å²) < 4.78 is 11.0. The van der Waals surface area contributed by atoms with Gasteiger partial charge in [0, 0.05) is 0 Å². The number of aliphatic hydroxyl groups excluding tert-OH is 1. The summed E-state index contributed by atoms with van der Waals surface area (Å²) in [5.41, 5.74) is 1.20. The van der Waals surface area contributed by atoms with Gasteiger partial charge in [-0.1, -0.05) is 26.3 Å². The molecule has 1 heterocycles. The lowest BCUT2D eigenvalue weighted by Crippen LogP contribution is -2.17. The Morgan fingerprint density at radius 3 is 2.79 bits per heavy atom. The third-order valence-electron chi connectivity index (χ3n) is 2.36. The second kappa shape index (κ2) is 6.17. The molecule has 2 atom stereocenters. The summed E-state index contributed by atoms with van der Waals surface area (Å²) in [7, 11) is 0. The van der Waals surface area contributed by atoms with Crippen molar-refractivity contribution in [3.63, 3.8) is 0 Å². The van der Waals surface area contributed by atoms with Gasteiger partial charge in [0.1, 0.15) is 6.10 Å². The van der Waals surface area contributed by atoms with Crippen LogP contribution >= 0.6 is 0 Å². The van der Waals surface area contributed by atoms with Crippen LogP contribution in [0.2, 0.25) is 0 Å². The van der Waals surface area contributed by atoms with E-state index in [0.717, 1.165) is 19.3 Å². The fraction of sp³-hybridized carbons (Fsp3) is 0.818. The zero-order valence-corrected chi connectivity index (χ0v) is 9.03. The van der Waals surface area contributed by atoms with Gasteiger partial charge in [-0.15, -0.1) is 0 Å². The van der Waals surface area contributed by atoms with E-state index in [4.69, 9.17) is 14.6 Å². The molecule has 1 aliphatic heterocycles. The van der Waals surface area contributed by atoms with Gasteiger partial charge in [-0.25, -0.2) is 0 Å². The van der Waals surface area contributed by atoms with Crippen LogP contribution in [-0.4, -0.2) is 30.7 Å². The number of hydrogen-bond donors (Lipinski definition) is 1. The standard InChI is InChI=1S/C11H20O3/c1-3-5-6-9(4-2)11-13-8-10(7-12)14-11/h6,10-12H,3-5,7-8H2,1-2H3. The van der Waals surface area contributed by atoms with Crippen LogP contribution in [0.5, 0.6) is 0 Å². The zero-order valence-electron chi connectivity index (χ0n) is 9.03. The molecule has 0 spiro atoms. The van der Waals surface area contributed by atoms with E-state index in [2.05, 4.69) is 19.9 Å². The molecule has 82 valence electrons. The predicted molar refractivity (Wildman–Crippen MR) is 55.0 cm³/mol. The quantitative estimate of drug-likeness (QED) is 0.688. The summed E-state index contributed by atoms with van der Waals surface area (Å²) in [5, 5.41) is 8.89. The lowest BCUT2D eigenvalue weighted by Gasteiger charge is -2.13. The molecule has 0 aromatic heterocycles. The van der Waals surface area contributed by atoms with E-state index in [9.17, 15) is 0 Å². The highest BCUT2D eigenvalue weighted by atomic mass is 16.7. The van der Waals surface area contributed by atoms with Gasteiger partial charge in [0.05, 0.1) is 13.2 Å². The second-order valence-electron chi connectivity index (χ2n) is 3.53. The third kappa shape index (κ3) is 3.08. The lowest BCUT2D eigenvalue weighted by molar-refractivity contribution is -0.0397. The van der Waals surface area contributed by atoms with Crippen molar-refractivity contribution in [3.8, 4) is 0 Å².